The minimum atomic E-state index is -0.450. The van der Waals surface area contributed by atoms with Crippen molar-refractivity contribution < 1.29 is 14.1 Å². The Balaban J connectivity index is 1.64. The summed E-state index contributed by atoms with van der Waals surface area (Å²) in [7, 11) is 0. The van der Waals surface area contributed by atoms with Gasteiger partial charge >= 0.3 is 0 Å². The van der Waals surface area contributed by atoms with Crippen LogP contribution in [-0.2, 0) is 0 Å². The molecule has 2 heterocycles. The molecule has 0 aliphatic carbocycles. The third kappa shape index (κ3) is 3.65. The number of fused-ring (bicyclic) bond motifs is 1. The van der Waals surface area contributed by atoms with Gasteiger partial charge in [-0.15, -0.1) is 17.9 Å². The number of furan rings is 1. The number of carbonyl (C=O) groups excluding carboxylic acids is 1. The zero-order chi connectivity index (χ0) is 20.4. The molecule has 7 nitrogen and oxygen atoms in total. The lowest BCUT2D eigenvalue weighted by atomic mass is 10.1. The maximum absolute atomic E-state index is 13.0. The minimum Gasteiger partial charge on any atom is -0.451 e. The fourth-order valence-corrected chi connectivity index (χ4v) is 3.71. The average molecular weight is 405 g/mol. The zero-order valence-corrected chi connectivity index (χ0v) is 16.0. The third-order valence-corrected chi connectivity index (χ3v) is 5.15. The molecule has 0 radical (unpaired) electrons. The number of non-ortho nitro benzene ring substituents is 1. The van der Waals surface area contributed by atoms with Crippen molar-refractivity contribution in [2.24, 2.45) is 0 Å². The molecular formula is C21H15N3O4S. The predicted molar refractivity (Wildman–Crippen MR) is 112 cm³/mol. The highest BCUT2D eigenvalue weighted by Gasteiger charge is 2.23. The highest BCUT2D eigenvalue weighted by molar-refractivity contribution is 7.14. The first kappa shape index (κ1) is 18.6. The van der Waals surface area contributed by atoms with Crippen molar-refractivity contribution in [1.82, 2.24) is 4.98 Å². The maximum Gasteiger partial charge on any atom is 0.296 e. The largest absolute Gasteiger partial charge is 0.451 e. The second-order valence-electron chi connectivity index (χ2n) is 6.17. The summed E-state index contributed by atoms with van der Waals surface area (Å²) in [5.74, 6) is -0.0918. The monoisotopic (exact) mass is 405 g/mol. The van der Waals surface area contributed by atoms with Gasteiger partial charge < -0.3 is 4.42 Å². The van der Waals surface area contributed by atoms with Crippen molar-refractivity contribution in [3.8, 4) is 11.3 Å². The van der Waals surface area contributed by atoms with Crippen LogP contribution < -0.4 is 4.90 Å². The Bertz CT molecular complexity index is 1180. The van der Waals surface area contributed by atoms with Gasteiger partial charge in [-0.2, -0.15) is 0 Å². The van der Waals surface area contributed by atoms with Gasteiger partial charge in [0.25, 0.3) is 11.6 Å². The van der Waals surface area contributed by atoms with E-state index in [1.165, 1.54) is 28.4 Å². The second kappa shape index (κ2) is 7.69. The van der Waals surface area contributed by atoms with Crippen LogP contribution in [-0.4, -0.2) is 22.4 Å². The van der Waals surface area contributed by atoms with E-state index >= 15 is 0 Å². The standard InChI is InChI=1S/C21H15N3O4S/c1-2-11-23(20(25)19-12-15-5-3-4-6-18(15)28-19)21-22-17(13-29-21)14-7-9-16(10-8-14)24(26)27/h2-10,12-13H,1,11H2. The highest BCUT2D eigenvalue weighted by Crippen LogP contribution is 2.30. The lowest BCUT2D eigenvalue weighted by molar-refractivity contribution is -0.384. The highest BCUT2D eigenvalue weighted by atomic mass is 32.1. The summed E-state index contributed by atoms with van der Waals surface area (Å²) in [6.45, 7) is 3.99. The number of carbonyl (C=O) groups is 1. The van der Waals surface area contributed by atoms with Crippen molar-refractivity contribution in [2.45, 2.75) is 0 Å². The van der Waals surface area contributed by atoms with Gasteiger partial charge in [0.05, 0.1) is 10.6 Å². The van der Waals surface area contributed by atoms with Crippen LogP contribution in [0.4, 0.5) is 10.8 Å². The van der Waals surface area contributed by atoms with Gasteiger partial charge in [0.2, 0.25) is 0 Å². The van der Waals surface area contributed by atoms with Gasteiger partial charge in [0, 0.05) is 35.0 Å². The molecule has 8 heteroatoms. The van der Waals surface area contributed by atoms with E-state index in [0.717, 1.165) is 10.9 Å². The quantitative estimate of drug-likeness (QED) is 0.247. The molecule has 0 unspecified atom stereocenters. The summed E-state index contributed by atoms with van der Waals surface area (Å²) in [6, 6.07) is 15.2. The van der Waals surface area contributed by atoms with E-state index in [-0.39, 0.29) is 23.9 Å². The van der Waals surface area contributed by atoms with Gasteiger partial charge in [-0.1, -0.05) is 24.3 Å². The molecule has 0 aliphatic heterocycles. The van der Waals surface area contributed by atoms with Crippen LogP contribution in [0.15, 0.2) is 77.0 Å². The molecule has 2 aromatic heterocycles. The number of nitrogens with zero attached hydrogens (tertiary/aromatic N) is 3. The number of benzene rings is 2. The topological polar surface area (TPSA) is 89.5 Å². The summed E-state index contributed by atoms with van der Waals surface area (Å²) in [5, 5.41) is 14.0. The number of thiazole rings is 1. The van der Waals surface area contributed by atoms with Gasteiger partial charge in [-0.3, -0.25) is 19.8 Å². The molecule has 4 aromatic rings. The molecule has 0 bridgehead atoms. The smallest absolute Gasteiger partial charge is 0.296 e. The number of hydrogen-bond donors (Lipinski definition) is 0. The van der Waals surface area contributed by atoms with Crippen molar-refractivity contribution in [1.29, 1.82) is 0 Å². The number of nitro groups is 1. The van der Waals surface area contributed by atoms with Crippen LogP contribution in [0.5, 0.6) is 0 Å². The molecule has 0 saturated heterocycles. The molecule has 0 spiro atoms. The Morgan fingerprint density at radius 2 is 2.00 bits per heavy atom. The normalized spacial score (nSPS) is 10.8. The molecule has 4 rings (SSSR count). The predicted octanol–water partition coefficient (Wildman–Crippen LogP) is 5.30. The molecule has 29 heavy (non-hydrogen) atoms. The Morgan fingerprint density at radius 1 is 1.24 bits per heavy atom. The Labute approximate surface area is 169 Å². The summed E-state index contributed by atoms with van der Waals surface area (Å²) >= 11 is 1.30. The Hall–Kier alpha value is -3.78. The van der Waals surface area contributed by atoms with E-state index in [1.54, 1.807) is 35.7 Å². The number of anilines is 1. The molecule has 0 saturated carbocycles. The molecule has 0 aliphatic rings. The number of aromatic nitrogens is 1. The summed E-state index contributed by atoms with van der Waals surface area (Å²) in [5.41, 5.74) is 2.01. The van der Waals surface area contributed by atoms with Crippen LogP contribution in [0.1, 0.15) is 10.6 Å². The van der Waals surface area contributed by atoms with E-state index in [2.05, 4.69) is 11.6 Å². The van der Waals surface area contributed by atoms with Gasteiger partial charge in [0.1, 0.15) is 5.58 Å². The number of para-hydroxylation sites is 1. The summed E-state index contributed by atoms with van der Waals surface area (Å²) in [4.78, 5) is 29.4. The van der Waals surface area contributed by atoms with E-state index in [0.29, 0.717) is 16.4 Å². The molecular weight excluding hydrogens is 390 g/mol. The average Bonchev–Trinajstić information content (AvgIpc) is 3.39. The Kier molecular flexibility index (Phi) is 4.92. The minimum absolute atomic E-state index is 0.0116. The van der Waals surface area contributed by atoms with Crippen molar-refractivity contribution in [3.63, 3.8) is 0 Å². The lowest BCUT2D eigenvalue weighted by Crippen LogP contribution is -2.30. The summed E-state index contributed by atoms with van der Waals surface area (Å²) < 4.78 is 5.69. The zero-order valence-electron chi connectivity index (χ0n) is 15.1. The molecule has 0 fully saturated rings. The number of hydrogen-bond acceptors (Lipinski definition) is 6. The number of rotatable bonds is 6. The first-order valence-corrected chi connectivity index (χ1v) is 9.56. The van der Waals surface area contributed by atoms with Gasteiger partial charge in [-0.05, 0) is 24.3 Å². The van der Waals surface area contributed by atoms with Crippen molar-refractivity contribution in [3.05, 3.63) is 88.5 Å². The van der Waals surface area contributed by atoms with Crippen LogP contribution in [0.2, 0.25) is 0 Å². The molecule has 0 N–H and O–H groups in total. The first-order chi connectivity index (χ1) is 14.1. The number of amides is 1. The number of nitro benzene ring substituents is 1. The fourth-order valence-electron chi connectivity index (χ4n) is 2.87. The van der Waals surface area contributed by atoms with E-state index in [1.807, 2.05) is 18.2 Å². The molecule has 1 amide bonds. The van der Waals surface area contributed by atoms with E-state index in [4.69, 9.17) is 4.42 Å². The van der Waals surface area contributed by atoms with Crippen LogP contribution >= 0.6 is 11.3 Å². The van der Waals surface area contributed by atoms with E-state index in [9.17, 15) is 14.9 Å². The van der Waals surface area contributed by atoms with E-state index < -0.39 is 4.92 Å². The van der Waals surface area contributed by atoms with Crippen LogP contribution in [0, 0.1) is 10.1 Å². The first-order valence-electron chi connectivity index (χ1n) is 8.68. The molecule has 2 aromatic carbocycles. The fraction of sp³-hybridized carbons (Fsp3) is 0.0476. The molecule has 0 atom stereocenters. The second-order valence-corrected chi connectivity index (χ2v) is 7.01. The third-order valence-electron chi connectivity index (χ3n) is 4.29. The lowest BCUT2D eigenvalue weighted by Gasteiger charge is -2.16. The SMILES string of the molecule is C=CCN(C(=O)c1cc2ccccc2o1)c1nc(-c2ccc([N+](=O)[O-])cc2)cs1. The van der Waals surface area contributed by atoms with Gasteiger partial charge in [0.15, 0.2) is 10.9 Å². The maximum atomic E-state index is 13.0. The van der Waals surface area contributed by atoms with Crippen LogP contribution in [0.25, 0.3) is 22.2 Å². The molecule has 144 valence electrons. The Morgan fingerprint density at radius 3 is 2.69 bits per heavy atom. The summed E-state index contributed by atoms with van der Waals surface area (Å²) in [6.07, 6.45) is 1.62. The van der Waals surface area contributed by atoms with Crippen molar-refractivity contribution in [2.75, 3.05) is 11.4 Å². The van der Waals surface area contributed by atoms with Crippen LogP contribution in [0.3, 0.4) is 0 Å². The van der Waals surface area contributed by atoms with Gasteiger partial charge in [-0.25, -0.2) is 4.98 Å². The van der Waals surface area contributed by atoms with Crippen molar-refractivity contribution >= 4 is 39.0 Å².